The lowest BCUT2D eigenvalue weighted by Gasteiger charge is -2.07. The Balaban J connectivity index is 2.51. The van der Waals surface area contributed by atoms with E-state index in [4.69, 9.17) is 0 Å². The molecule has 0 aromatic heterocycles. The summed E-state index contributed by atoms with van der Waals surface area (Å²) in [7, 11) is 1.44. The topological polar surface area (TPSA) is 26.3 Å². The van der Waals surface area contributed by atoms with Crippen LogP contribution in [0.25, 0.3) is 0 Å². The molecule has 2 heteroatoms. The van der Waals surface area contributed by atoms with Gasteiger partial charge in [0.2, 0.25) is 0 Å². The molecule has 1 rings (SSSR count). The van der Waals surface area contributed by atoms with E-state index in [2.05, 4.69) is 11.3 Å². The molecule has 0 heterocycles. The second kappa shape index (κ2) is 2.45. The van der Waals surface area contributed by atoms with Gasteiger partial charge in [-0.1, -0.05) is 6.08 Å². The van der Waals surface area contributed by atoms with E-state index in [0.29, 0.717) is 0 Å². The average molecular weight is 140 g/mol. The van der Waals surface area contributed by atoms with E-state index in [1.165, 1.54) is 7.11 Å². The predicted octanol–water partition coefficient (Wildman–Crippen LogP) is 1.52. The van der Waals surface area contributed by atoms with Crippen LogP contribution in [0.2, 0.25) is 0 Å². The molecule has 0 amide bonds. The molecule has 0 atom stereocenters. The van der Waals surface area contributed by atoms with E-state index in [0.717, 1.165) is 19.3 Å². The molecule has 0 aromatic rings. The van der Waals surface area contributed by atoms with Gasteiger partial charge in [-0.25, -0.2) is 0 Å². The maximum absolute atomic E-state index is 11.0. The smallest absolute Gasteiger partial charge is 0.312 e. The summed E-state index contributed by atoms with van der Waals surface area (Å²) in [5, 5.41) is 0. The Bertz CT molecular complexity index is 157. The molecular formula is C8H12O2. The van der Waals surface area contributed by atoms with Crippen LogP contribution in [0, 0.1) is 5.41 Å². The van der Waals surface area contributed by atoms with E-state index >= 15 is 0 Å². The minimum absolute atomic E-state index is 0.0765. The lowest BCUT2D eigenvalue weighted by Crippen LogP contribution is -2.16. The molecule has 0 N–H and O–H groups in total. The third-order valence-corrected chi connectivity index (χ3v) is 2.01. The molecule has 1 fully saturated rings. The molecule has 56 valence electrons. The van der Waals surface area contributed by atoms with Crippen molar-refractivity contribution in [2.24, 2.45) is 5.41 Å². The summed E-state index contributed by atoms with van der Waals surface area (Å²) in [5.41, 5.74) is -0.170. The van der Waals surface area contributed by atoms with Crippen molar-refractivity contribution in [1.29, 1.82) is 0 Å². The summed E-state index contributed by atoms with van der Waals surface area (Å²) < 4.78 is 4.64. The van der Waals surface area contributed by atoms with E-state index in [9.17, 15) is 4.79 Å². The summed E-state index contributed by atoms with van der Waals surface area (Å²) in [4.78, 5) is 11.0. The lowest BCUT2D eigenvalue weighted by molar-refractivity contribution is -0.146. The van der Waals surface area contributed by atoms with Crippen LogP contribution in [0.5, 0.6) is 0 Å². The van der Waals surface area contributed by atoms with Crippen LogP contribution in [0.1, 0.15) is 19.3 Å². The van der Waals surface area contributed by atoms with Crippen molar-refractivity contribution in [2.75, 3.05) is 7.11 Å². The first-order valence-electron chi connectivity index (χ1n) is 3.44. The van der Waals surface area contributed by atoms with Crippen molar-refractivity contribution < 1.29 is 9.53 Å². The zero-order valence-electron chi connectivity index (χ0n) is 6.22. The molecule has 10 heavy (non-hydrogen) atoms. The largest absolute Gasteiger partial charge is 0.469 e. The van der Waals surface area contributed by atoms with Gasteiger partial charge in [0.15, 0.2) is 0 Å². The molecule has 0 bridgehead atoms. The lowest BCUT2D eigenvalue weighted by atomic mass is 10.0. The van der Waals surface area contributed by atoms with Crippen molar-refractivity contribution in [3.63, 3.8) is 0 Å². The quantitative estimate of drug-likeness (QED) is 0.439. The van der Waals surface area contributed by atoms with Gasteiger partial charge in [0.05, 0.1) is 12.5 Å². The number of carbonyl (C=O) groups is 1. The van der Waals surface area contributed by atoms with E-state index < -0.39 is 0 Å². The van der Waals surface area contributed by atoms with Gasteiger partial charge < -0.3 is 4.74 Å². The fourth-order valence-corrected chi connectivity index (χ4v) is 1.14. The molecule has 1 aliphatic carbocycles. The molecule has 0 radical (unpaired) electrons. The van der Waals surface area contributed by atoms with Crippen LogP contribution >= 0.6 is 0 Å². The number of esters is 1. The van der Waals surface area contributed by atoms with Crippen LogP contribution in [0.4, 0.5) is 0 Å². The SMILES string of the molecule is C=CCC1(C(=O)OC)CC1. The Kier molecular flexibility index (Phi) is 1.79. The van der Waals surface area contributed by atoms with Crippen LogP contribution < -0.4 is 0 Å². The Hall–Kier alpha value is -0.790. The van der Waals surface area contributed by atoms with Gasteiger partial charge in [0.25, 0.3) is 0 Å². The molecule has 0 spiro atoms. The first-order valence-corrected chi connectivity index (χ1v) is 3.44. The summed E-state index contributed by atoms with van der Waals surface area (Å²) in [6.45, 7) is 3.59. The molecule has 0 aromatic carbocycles. The molecule has 0 unspecified atom stereocenters. The first-order chi connectivity index (χ1) is 4.75. The van der Waals surface area contributed by atoms with Crippen LogP contribution in [-0.4, -0.2) is 13.1 Å². The van der Waals surface area contributed by atoms with Crippen LogP contribution in [-0.2, 0) is 9.53 Å². The minimum atomic E-state index is -0.170. The van der Waals surface area contributed by atoms with E-state index in [1.807, 2.05) is 0 Å². The number of carbonyl (C=O) groups excluding carboxylic acids is 1. The van der Waals surface area contributed by atoms with Gasteiger partial charge in [0, 0.05) is 0 Å². The van der Waals surface area contributed by atoms with E-state index in [-0.39, 0.29) is 11.4 Å². The number of allylic oxidation sites excluding steroid dienone is 1. The third kappa shape index (κ3) is 1.06. The van der Waals surface area contributed by atoms with Crippen molar-refractivity contribution in [3.8, 4) is 0 Å². The van der Waals surface area contributed by atoms with Crippen LogP contribution in [0.15, 0.2) is 12.7 Å². The van der Waals surface area contributed by atoms with Gasteiger partial charge in [-0.05, 0) is 19.3 Å². The van der Waals surface area contributed by atoms with Crippen molar-refractivity contribution in [3.05, 3.63) is 12.7 Å². The van der Waals surface area contributed by atoms with Gasteiger partial charge in [-0.3, -0.25) is 4.79 Å². The standard InChI is InChI=1S/C8H12O2/c1-3-4-8(5-6-8)7(9)10-2/h3H,1,4-6H2,2H3. The second-order valence-corrected chi connectivity index (χ2v) is 2.76. The minimum Gasteiger partial charge on any atom is -0.469 e. The van der Waals surface area contributed by atoms with Gasteiger partial charge in [-0.2, -0.15) is 0 Å². The Morgan fingerprint density at radius 3 is 2.70 bits per heavy atom. The highest BCUT2D eigenvalue weighted by Crippen LogP contribution is 2.49. The van der Waals surface area contributed by atoms with Gasteiger partial charge in [0.1, 0.15) is 0 Å². The summed E-state index contributed by atoms with van der Waals surface area (Å²) >= 11 is 0. The third-order valence-electron chi connectivity index (χ3n) is 2.01. The fraction of sp³-hybridized carbons (Fsp3) is 0.625. The van der Waals surface area contributed by atoms with Crippen molar-refractivity contribution >= 4 is 5.97 Å². The number of rotatable bonds is 3. The number of methoxy groups -OCH3 is 1. The molecule has 0 aliphatic heterocycles. The average Bonchev–Trinajstić information content (AvgIpc) is 2.69. The molecule has 0 saturated heterocycles. The first kappa shape index (κ1) is 7.32. The van der Waals surface area contributed by atoms with Gasteiger partial charge in [-0.15, -0.1) is 6.58 Å². The Morgan fingerprint density at radius 1 is 1.80 bits per heavy atom. The summed E-state index contributed by atoms with van der Waals surface area (Å²) in [5.74, 6) is -0.0765. The van der Waals surface area contributed by atoms with Crippen molar-refractivity contribution in [1.82, 2.24) is 0 Å². The maximum atomic E-state index is 11.0. The van der Waals surface area contributed by atoms with Crippen LogP contribution in [0.3, 0.4) is 0 Å². The molecular weight excluding hydrogens is 128 g/mol. The highest BCUT2D eigenvalue weighted by Gasteiger charge is 2.49. The maximum Gasteiger partial charge on any atom is 0.312 e. The Labute approximate surface area is 60.9 Å². The summed E-state index contributed by atoms with van der Waals surface area (Å²) in [6.07, 6.45) is 4.47. The number of ether oxygens (including phenoxy) is 1. The highest BCUT2D eigenvalue weighted by molar-refractivity contribution is 5.79. The number of hydrogen-bond acceptors (Lipinski definition) is 2. The zero-order valence-corrected chi connectivity index (χ0v) is 6.22. The normalized spacial score (nSPS) is 19.7. The molecule has 1 aliphatic rings. The molecule has 1 saturated carbocycles. The second-order valence-electron chi connectivity index (χ2n) is 2.76. The highest BCUT2D eigenvalue weighted by atomic mass is 16.5. The predicted molar refractivity (Wildman–Crippen MR) is 38.5 cm³/mol. The summed E-state index contributed by atoms with van der Waals surface area (Å²) in [6, 6.07) is 0. The van der Waals surface area contributed by atoms with Gasteiger partial charge >= 0.3 is 5.97 Å². The molecule has 2 nitrogen and oxygen atoms in total. The fourth-order valence-electron chi connectivity index (χ4n) is 1.14. The Morgan fingerprint density at radius 2 is 2.40 bits per heavy atom. The zero-order chi connectivity index (χ0) is 7.61. The van der Waals surface area contributed by atoms with Crippen molar-refractivity contribution in [2.45, 2.75) is 19.3 Å². The van der Waals surface area contributed by atoms with E-state index in [1.54, 1.807) is 6.08 Å². The monoisotopic (exact) mass is 140 g/mol. The number of hydrogen-bond donors (Lipinski definition) is 0.